The highest BCUT2D eigenvalue weighted by molar-refractivity contribution is 5.48. The fourth-order valence-electron chi connectivity index (χ4n) is 2.81. The molecule has 1 atom stereocenters. The second kappa shape index (κ2) is 5.47. The Labute approximate surface area is 115 Å². The number of hydrogen-bond acceptors (Lipinski definition) is 4. The molecule has 2 fully saturated rings. The summed E-state index contributed by atoms with van der Waals surface area (Å²) in [6, 6.07) is 3.87. The highest BCUT2D eigenvalue weighted by Gasteiger charge is 2.27. The van der Waals surface area contributed by atoms with Gasteiger partial charge in [-0.1, -0.05) is 6.07 Å². The lowest BCUT2D eigenvalue weighted by Gasteiger charge is -2.36. The number of aromatic nitrogens is 1. The molecule has 0 spiro atoms. The molecule has 1 aromatic heterocycles. The molecular formula is C15H23N3O. The van der Waals surface area contributed by atoms with Crippen molar-refractivity contribution in [1.29, 1.82) is 0 Å². The number of pyridine rings is 1. The Morgan fingerprint density at radius 2 is 2.05 bits per heavy atom. The summed E-state index contributed by atoms with van der Waals surface area (Å²) >= 11 is 0. The minimum Gasteiger partial charge on any atom is -0.389 e. The fraction of sp³-hybridized carbons (Fsp3) is 0.667. The van der Waals surface area contributed by atoms with Crippen LogP contribution < -0.4 is 4.90 Å². The Kier molecular flexibility index (Phi) is 3.71. The molecule has 1 N–H and O–H groups in total. The topological polar surface area (TPSA) is 39.6 Å². The number of nitrogens with zero attached hydrogens (tertiary/aromatic N) is 3. The average molecular weight is 261 g/mol. The Balaban J connectivity index is 1.64. The first-order valence-electron chi connectivity index (χ1n) is 7.34. The molecule has 0 amide bonds. The standard InChI is InChI=1S/C15H23N3O/c1-12(19)14-3-2-6-16-15(14)18-9-7-17(8-10-18)11-13-4-5-13/h2-3,6,12-13,19H,4-5,7-11H2,1H3/t12-/m0/s1. The van der Waals surface area contributed by atoms with Gasteiger partial charge >= 0.3 is 0 Å². The van der Waals surface area contributed by atoms with Gasteiger partial charge in [0.25, 0.3) is 0 Å². The number of aliphatic hydroxyl groups excluding tert-OH is 1. The summed E-state index contributed by atoms with van der Waals surface area (Å²) in [5, 5.41) is 9.84. The first kappa shape index (κ1) is 12.9. The Morgan fingerprint density at radius 3 is 2.68 bits per heavy atom. The first-order valence-corrected chi connectivity index (χ1v) is 7.34. The monoisotopic (exact) mass is 261 g/mol. The summed E-state index contributed by atoms with van der Waals surface area (Å²) in [5.74, 6) is 1.93. The summed E-state index contributed by atoms with van der Waals surface area (Å²) < 4.78 is 0. The predicted molar refractivity (Wildman–Crippen MR) is 76.2 cm³/mol. The second-order valence-corrected chi connectivity index (χ2v) is 5.82. The van der Waals surface area contributed by atoms with E-state index in [1.165, 1.54) is 19.4 Å². The lowest BCUT2D eigenvalue weighted by Crippen LogP contribution is -2.47. The third kappa shape index (κ3) is 3.07. The molecular weight excluding hydrogens is 238 g/mol. The molecule has 0 bridgehead atoms. The maximum absolute atomic E-state index is 9.84. The summed E-state index contributed by atoms with van der Waals surface area (Å²) in [6.07, 6.45) is 4.21. The number of hydrogen-bond donors (Lipinski definition) is 1. The van der Waals surface area contributed by atoms with Gasteiger partial charge < -0.3 is 10.0 Å². The van der Waals surface area contributed by atoms with E-state index in [0.717, 1.165) is 43.5 Å². The van der Waals surface area contributed by atoms with Gasteiger partial charge in [-0.25, -0.2) is 4.98 Å². The van der Waals surface area contributed by atoms with Gasteiger partial charge in [-0.05, 0) is 31.7 Å². The van der Waals surface area contributed by atoms with E-state index >= 15 is 0 Å². The first-order chi connectivity index (χ1) is 9.24. The molecule has 2 heterocycles. The molecule has 0 radical (unpaired) electrons. The second-order valence-electron chi connectivity index (χ2n) is 5.82. The van der Waals surface area contributed by atoms with Crippen LogP contribution in [0.5, 0.6) is 0 Å². The summed E-state index contributed by atoms with van der Waals surface area (Å²) in [5.41, 5.74) is 0.943. The third-order valence-electron chi connectivity index (χ3n) is 4.15. The van der Waals surface area contributed by atoms with E-state index in [1.54, 1.807) is 0 Å². The summed E-state index contributed by atoms with van der Waals surface area (Å²) in [7, 11) is 0. The molecule has 104 valence electrons. The van der Waals surface area contributed by atoms with E-state index < -0.39 is 6.10 Å². The van der Waals surface area contributed by atoms with Crippen LogP contribution >= 0.6 is 0 Å². The Bertz CT molecular complexity index is 423. The zero-order valence-electron chi connectivity index (χ0n) is 11.6. The quantitative estimate of drug-likeness (QED) is 0.895. The van der Waals surface area contributed by atoms with Crippen molar-refractivity contribution in [3.8, 4) is 0 Å². The maximum atomic E-state index is 9.84. The Morgan fingerprint density at radius 1 is 1.32 bits per heavy atom. The van der Waals surface area contributed by atoms with Crippen LogP contribution in [0.25, 0.3) is 0 Å². The number of rotatable bonds is 4. The van der Waals surface area contributed by atoms with Gasteiger partial charge in [-0.15, -0.1) is 0 Å². The predicted octanol–water partition coefficient (Wildman–Crippen LogP) is 1.67. The lowest BCUT2D eigenvalue weighted by atomic mass is 10.1. The number of piperazine rings is 1. The van der Waals surface area contributed by atoms with E-state index in [0.29, 0.717) is 0 Å². The number of anilines is 1. The van der Waals surface area contributed by atoms with Crippen molar-refractivity contribution in [2.24, 2.45) is 5.92 Å². The molecule has 4 heteroatoms. The van der Waals surface area contributed by atoms with Crippen molar-refractivity contribution < 1.29 is 5.11 Å². The molecule has 3 rings (SSSR count). The average Bonchev–Trinajstić information content (AvgIpc) is 3.23. The van der Waals surface area contributed by atoms with Gasteiger partial charge in [0.1, 0.15) is 5.82 Å². The van der Waals surface area contributed by atoms with Gasteiger partial charge in [0.15, 0.2) is 0 Å². The summed E-state index contributed by atoms with van der Waals surface area (Å²) in [6.45, 7) is 7.36. The minimum absolute atomic E-state index is 0.451. The van der Waals surface area contributed by atoms with Crippen LogP contribution in [0.15, 0.2) is 18.3 Å². The molecule has 0 unspecified atom stereocenters. The molecule has 4 nitrogen and oxygen atoms in total. The van der Waals surface area contributed by atoms with E-state index in [1.807, 2.05) is 25.3 Å². The van der Waals surface area contributed by atoms with E-state index in [4.69, 9.17) is 0 Å². The zero-order valence-corrected chi connectivity index (χ0v) is 11.6. The molecule has 1 saturated carbocycles. The number of aliphatic hydroxyl groups is 1. The van der Waals surface area contributed by atoms with Gasteiger partial charge in [0, 0.05) is 44.5 Å². The van der Waals surface area contributed by atoms with Crippen LogP contribution in [-0.4, -0.2) is 47.7 Å². The zero-order chi connectivity index (χ0) is 13.2. The molecule has 1 aliphatic carbocycles. The molecule has 2 aliphatic rings. The Hall–Kier alpha value is -1.13. The smallest absolute Gasteiger partial charge is 0.134 e. The maximum Gasteiger partial charge on any atom is 0.134 e. The largest absolute Gasteiger partial charge is 0.389 e. The van der Waals surface area contributed by atoms with Crippen molar-refractivity contribution in [2.45, 2.75) is 25.9 Å². The van der Waals surface area contributed by atoms with Crippen LogP contribution in [0.3, 0.4) is 0 Å². The molecule has 19 heavy (non-hydrogen) atoms. The van der Waals surface area contributed by atoms with Gasteiger partial charge in [-0.3, -0.25) is 4.90 Å². The molecule has 0 aromatic carbocycles. The van der Waals surface area contributed by atoms with E-state index in [9.17, 15) is 5.11 Å². The van der Waals surface area contributed by atoms with Crippen LogP contribution in [0.1, 0.15) is 31.4 Å². The van der Waals surface area contributed by atoms with Crippen molar-refractivity contribution in [3.05, 3.63) is 23.9 Å². The third-order valence-corrected chi connectivity index (χ3v) is 4.15. The van der Waals surface area contributed by atoms with Crippen molar-refractivity contribution in [2.75, 3.05) is 37.6 Å². The lowest BCUT2D eigenvalue weighted by molar-refractivity contribution is 0.198. The van der Waals surface area contributed by atoms with Gasteiger partial charge in [-0.2, -0.15) is 0 Å². The van der Waals surface area contributed by atoms with Crippen molar-refractivity contribution in [3.63, 3.8) is 0 Å². The van der Waals surface area contributed by atoms with Crippen LogP contribution in [-0.2, 0) is 0 Å². The highest BCUT2D eigenvalue weighted by Crippen LogP contribution is 2.30. The molecule has 1 saturated heterocycles. The summed E-state index contributed by atoms with van der Waals surface area (Å²) in [4.78, 5) is 9.35. The molecule has 1 aliphatic heterocycles. The van der Waals surface area contributed by atoms with Crippen LogP contribution in [0, 0.1) is 5.92 Å². The van der Waals surface area contributed by atoms with Crippen LogP contribution in [0.4, 0.5) is 5.82 Å². The molecule has 1 aromatic rings. The fourth-order valence-corrected chi connectivity index (χ4v) is 2.81. The van der Waals surface area contributed by atoms with Crippen molar-refractivity contribution in [1.82, 2.24) is 9.88 Å². The van der Waals surface area contributed by atoms with Gasteiger partial charge in [0.2, 0.25) is 0 Å². The highest BCUT2D eigenvalue weighted by atomic mass is 16.3. The van der Waals surface area contributed by atoms with Crippen molar-refractivity contribution >= 4 is 5.82 Å². The van der Waals surface area contributed by atoms with Gasteiger partial charge in [0.05, 0.1) is 6.10 Å². The minimum atomic E-state index is -0.451. The normalized spacial score (nSPS) is 22.5. The van der Waals surface area contributed by atoms with Crippen LogP contribution in [0.2, 0.25) is 0 Å². The van der Waals surface area contributed by atoms with E-state index in [2.05, 4.69) is 14.8 Å². The SMILES string of the molecule is C[C@H](O)c1cccnc1N1CCN(CC2CC2)CC1. The van der Waals surface area contributed by atoms with E-state index in [-0.39, 0.29) is 0 Å².